The van der Waals surface area contributed by atoms with Crippen LogP contribution in [0.3, 0.4) is 0 Å². The van der Waals surface area contributed by atoms with E-state index in [1.807, 2.05) is 29.2 Å². The van der Waals surface area contributed by atoms with E-state index in [1.54, 1.807) is 6.07 Å². The average molecular weight is 481 g/mol. The molecule has 1 amide bonds. The molecule has 3 aliphatic rings. The van der Waals surface area contributed by atoms with Crippen LogP contribution in [0.1, 0.15) is 58.6 Å². The number of rotatable bonds is 4. The quantitative estimate of drug-likeness (QED) is 0.425. The molecular weight excluding hydrogens is 455 g/mol. The van der Waals surface area contributed by atoms with E-state index in [0.29, 0.717) is 12.8 Å². The molecule has 0 aromatic heterocycles. The van der Waals surface area contributed by atoms with Gasteiger partial charge in [-0.05, 0) is 66.1 Å². The number of nitrogens with zero attached hydrogens (tertiary/aromatic N) is 2. The van der Waals surface area contributed by atoms with Gasteiger partial charge in [0.25, 0.3) is 0 Å². The maximum Gasteiger partial charge on any atom is 0.410 e. The van der Waals surface area contributed by atoms with Crippen LogP contribution in [0.25, 0.3) is 11.1 Å². The minimum Gasteiger partial charge on any atom is -0.448 e. The first-order valence-corrected chi connectivity index (χ1v) is 12.4. The topological polar surface area (TPSA) is 70.4 Å². The second-order valence-electron chi connectivity index (χ2n) is 9.94. The van der Waals surface area contributed by atoms with Gasteiger partial charge in [-0.1, -0.05) is 48.5 Å². The fourth-order valence-corrected chi connectivity index (χ4v) is 6.35. The number of carbonyl (C=O) groups is 2. The summed E-state index contributed by atoms with van der Waals surface area (Å²) >= 11 is 0. The fourth-order valence-electron chi connectivity index (χ4n) is 6.35. The molecule has 2 fully saturated rings. The number of fused-ring (bicyclic) bond motifs is 5. The van der Waals surface area contributed by atoms with E-state index in [1.165, 1.54) is 34.4 Å². The maximum atomic E-state index is 14.1. The molecular formula is C30H25FN2O3. The molecule has 2 aliphatic heterocycles. The van der Waals surface area contributed by atoms with Gasteiger partial charge in [-0.25, -0.2) is 9.18 Å². The van der Waals surface area contributed by atoms with Gasteiger partial charge < -0.3 is 9.64 Å². The van der Waals surface area contributed by atoms with Crippen molar-refractivity contribution in [3.63, 3.8) is 0 Å². The van der Waals surface area contributed by atoms with Gasteiger partial charge in [0, 0.05) is 29.5 Å². The van der Waals surface area contributed by atoms with Gasteiger partial charge >= 0.3 is 6.09 Å². The largest absolute Gasteiger partial charge is 0.448 e. The lowest BCUT2D eigenvalue weighted by molar-refractivity contribution is 0.0506. The second kappa shape index (κ2) is 8.91. The summed E-state index contributed by atoms with van der Waals surface area (Å²) < 4.78 is 20.0. The Kier molecular flexibility index (Phi) is 5.56. The van der Waals surface area contributed by atoms with Crippen molar-refractivity contribution in [3.05, 3.63) is 94.8 Å². The average Bonchev–Trinajstić information content (AvgIpc) is 3.37. The second-order valence-corrected chi connectivity index (χ2v) is 9.94. The molecule has 0 spiro atoms. The van der Waals surface area contributed by atoms with Crippen molar-refractivity contribution in [2.24, 2.45) is 5.92 Å². The number of hydrogen-bond donors (Lipinski definition) is 0. The molecule has 2 saturated heterocycles. The number of ketones is 1. The third-order valence-electron chi connectivity index (χ3n) is 8.02. The molecule has 180 valence electrons. The van der Waals surface area contributed by atoms with Crippen molar-refractivity contribution in [2.75, 3.05) is 6.61 Å². The Morgan fingerprint density at radius 3 is 2.14 bits per heavy atom. The standard InChI is InChI=1S/C30H25FN2O3/c31-28-15-18(9-10-19(28)16-32)29(34)20-13-21-11-12-22(14-20)33(21)30(35)36-17-27-25-7-3-1-5-23(25)24-6-2-4-8-26(24)27/h1-10,15,20-22,27H,11-14,17H2. The van der Waals surface area contributed by atoms with Crippen molar-refractivity contribution in [1.29, 1.82) is 5.26 Å². The highest BCUT2D eigenvalue weighted by molar-refractivity contribution is 5.98. The van der Waals surface area contributed by atoms with Crippen LogP contribution in [0.4, 0.5) is 9.18 Å². The van der Waals surface area contributed by atoms with Crippen LogP contribution in [-0.4, -0.2) is 35.5 Å². The first kappa shape index (κ1) is 22.5. The Hall–Kier alpha value is -3.98. The molecule has 0 saturated carbocycles. The lowest BCUT2D eigenvalue weighted by atomic mass is 9.84. The normalized spacial score (nSPS) is 22.0. The Labute approximate surface area is 209 Å². The molecule has 2 atom stereocenters. The number of nitriles is 1. The van der Waals surface area contributed by atoms with Gasteiger partial charge in [0.2, 0.25) is 0 Å². The molecule has 2 unspecified atom stereocenters. The van der Waals surface area contributed by atoms with Crippen LogP contribution in [0.5, 0.6) is 0 Å². The van der Waals surface area contributed by atoms with Crippen molar-refractivity contribution in [2.45, 2.75) is 43.7 Å². The van der Waals surface area contributed by atoms with Gasteiger partial charge in [0.1, 0.15) is 18.5 Å². The van der Waals surface area contributed by atoms with E-state index in [9.17, 15) is 14.0 Å². The Morgan fingerprint density at radius 1 is 0.944 bits per heavy atom. The Morgan fingerprint density at radius 2 is 1.56 bits per heavy atom. The highest BCUT2D eigenvalue weighted by Gasteiger charge is 2.46. The van der Waals surface area contributed by atoms with Crippen LogP contribution in [-0.2, 0) is 4.74 Å². The minimum atomic E-state index is -0.678. The molecule has 3 aromatic rings. The molecule has 5 nitrogen and oxygen atoms in total. The van der Waals surface area contributed by atoms with Gasteiger partial charge in [0.05, 0.1) is 5.56 Å². The van der Waals surface area contributed by atoms with E-state index in [-0.39, 0.29) is 53.5 Å². The Balaban J connectivity index is 1.14. The zero-order valence-corrected chi connectivity index (χ0v) is 19.7. The first-order chi connectivity index (χ1) is 17.5. The summed E-state index contributed by atoms with van der Waals surface area (Å²) in [7, 11) is 0. The Bertz CT molecular complexity index is 1350. The summed E-state index contributed by atoms with van der Waals surface area (Å²) in [5, 5.41) is 8.94. The first-order valence-electron chi connectivity index (χ1n) is 12.4. The highest BCUT2D eigenvalue weighted by atomic mass is 19.1. The highest BCUT2D eigenvalue weighted by Crippen LogP contribution is 2.45. The number of hydrogen-bond acceptors (Lipinski definition) is 4. The van der Waals surface area contributed by atoms with E-state index in [4.69, 9.17) is 10.00 Å². The van der Waals surface area contributed by atoms with E-state index >= 15 is 0 Å². The summed E-state index contributed by atoms with van der Waals surface area (Å²) in [6.45, 7) is 0.273. The van der Waals surface area contributed by atoms with E-state index in [0.717, 1.165) is 18.9 Å². The minimum absolute atomic E-state index is 0.00407. The molecule has 1 aliphatic carbocycles. The maximum absolute atomic E-state index is 14.1. The number of carbonyl (C=O) groups excluding carboxylic acids is 2. The number of benzene rings is 3. The molecule has 2 bridgehead atoms. The SMILES string of the molecule is N#Cc1ccc(C(=O)C2CC3CCC(C2)N3C(=O)OCC2c3ccccc3-c3ccccc32)cc1F. The van der Waals surface area contributed by atoms with Gasteiger partial charge in [-0.2, -0.15) is 5.26 Å². The fraction of sp³-hybridized carbons (Fsp3) is 0.300. The van der Waals surface area contributed by atoms with Crippen molar-refractivity contribution < 1.29 is 18.7 Å². The van der Waals surface area contributed by atoms with Crippen molar-refractivity contribution in [3.8, 4) is 17.2 Å². The van der Waals surface area contributed by atoms with E-state index < -0.39 is 5.82 Å². The van der Waals surface area contributed by atoms with Gasteiger partial charge in [0.15, 0.2) is 5.78 Å². The molecule has 2 heterocycles. The molecule has 0 N–H and O–H groups in total. The van der Waals surface area contributed by atoms with E-state index in [2.05, 4.69) is 24.3 Å². The zero-order chi connectivity index (χ0) is 24.8. The van der Waals surface area contributed by atoms with Crippen LogP contribution < -0.4 is 0 Å². The number of amides is 1. The smallest absolute Gasteiger partial charge is 0.410 e. The third-order valence-corrected chi connectivity index (χ3v) is 8.02. The molecule has 3 aromatic carbocycles. The van der Waals surface area contributed by atoms with Gasteiger partial charge in [-0.15, -0.1) is 0 Å². The summed E-state index contributed by atoms with van der Waals surface area (Å²) in [5.74, 6) is -1.07. The van der Waals surface area contributed by atoms with Gasteiger partial charge in [-0.3, -0.25) is 4.79 Å². The van der Waals surface area contributed by atoms with Crippen LogP contribution in [0.15, 0.2) is 66.7 Å². The summed E-state index contributed by atoms with van der Waals surface area (Å²) in [6.07, 6.45) is 2.43. The number of halogens is 1. The third kappa shape index (κ3) is 3.67. The lowest BCUT2D eigenvalue weighted by Crippen LogP contribution is -2.48. The van der Waals surface area contributed by atoms with Crippen LogP contribution in [0, 0.1) is 23.1 Å². The summed E-state index contributed by atoms with van der Waals surface area (Å²) in [5.41, 5.74) is 4.93. The van der Waals surface area contributed by atoms with Crippen molar-refractivity contribution >= 4 is 11.9 Å². The van der Waals surface area contributed by atoms with Crippen LogP contribution >= 0.6 is 0 Å². The number of piperidine rings is 1. The predicted octanol–water partition coefficient (Wildman–Crippen LogP) is 6.07. The summed E-state index contributed by atoms with van der Waals surface area (Å²) in [6, 6.07) is 22.2. The van der Waals surface area contributed by atoms with Crippen LogP contribution in [0.2, 0.25) is 0 Å². The molecule has 36 heavy (non-hydrogen) atoms. The number of ether oxygens (including phenoxy) is 1. The molecule has 6 heteroatoms. The summed E-state index contributed by atoms with van der Waals surface area (Å²) in [4.78, 5) is 28.2. The molecule has 6 rings (SSSR count). The van der Waals surface area contributed by atoms with Crippen molar-refractivity contribution in [1.82, 2.24) is 4.90 Å². The molecule has 0 radical (unpaired) electrons. The predicted molar refractivity (Wildman–Crippen MR) is 132 cm³/mol. The lowest BCUT2D eigenvalue weighted by Gasteiger charge is -2.37. The number of Topliss-reactive ketones (excluding diaryl/α,β-unsaturated/α-hetero) is 1. The monoisotopic (exact) mass is 480 g/mol. The zero-order valence-electron chi connectivity index (χ0n) is 19.7.